The van der Waals surface area contributed by atoms with E-state index in [1.807, 2.05) is 48.5 Å². The first kappa shape index (κ1) is 49.3. The Morgan fingerprint density at radius 1 is 0.500 bits per heavy atom. The molecule has 0 fully saturated rings. The Morgan fingerprint density at radius 3 is 1.08 bits per heavy atom. The molecular formula is C28H22B2F8Mo2N8O4. The van der Waals surface area contributed by atoms with Gasteiger partial charge in [-0.1, -0.05) is 0 Å². The zero-order valence-electron chi connectivity index (χ0n) is 26.4. The van der Waals surface area contributed by atoms with Gasteiger partial charge < -0.3 is 54.3 Å². The number of hydrogen-bond donors (Lipinski definition) is 0. The third kappa shape index (κ3) is 25.2. The van der Waals surface area contributed by atoms with Crippen LogP contribution in [0.25, 0.3) is 44.8 Å². The predicted molar refractivity (Wildman–Crippen MR) is 163 cm³/mol. The summed E-state index contributed by atoms with van der Waals surface area (Å²) < 4.78 is 78.0. The number of carbonyl (C=O) groups is 2. The van der Waals surface area contributed by atoms with E-state index in [0.29, 0.717) is 0 Å². The SMILES string of the molecule is CC(=O)[O-].CC(=O)[O-].F[B-](F)(F)F.F[B-](F)(F)F.[Mo+2].[Mo+2].c1cnc2nc(-c3cnccn3)ccc2c1.c1cnc2nc(-c3cnccn3)ccc2c1. The number of carbonyl (C=O) groups excluding carboxylic acids is 2. The van der Waals surface area contributed by atoms with E-state index in [4.69, 9.17) is 19.8 Å². The minimum atomic E-state index is -6.00. The van der Waals surface area contributed by atoms with Gasteiger partial charge in [-0.3, -0.25) is 19.9 Å². The summed E-state index contributed by atoms with van der Waals surface area (Å²) in [5.41, 5.74) is 4.56. The quantitative estimate of drug-likeness (QED) is 0.178. The second-order valence-electron chi connectivity index (χ2n) is 8.65. The summed E-state index contributed by atoms with van der Waals surface area (Å²) in [6, 6.07) is 15.6. The number of carboxylic acids is 2. The second kappa shape index (κ2) is 25.2. The van der Waals surface area contributed by atoms with Crippen LogP contribution in [0.15, 0.2) is 98.1 Å². The standard InChI is InChI=1S/2C12H8N4.2C2H4O2.2BF4.2Mo/c2*1-2-9-3-4-10(16-12(9)15-5-1)11-8-13-6-7-14-11;2*1-2(3)4;2*2-1(3,4)5;;/h2*1-8H;2*1H3,(H,3,4);;;;/q;;;;2*-1;2*+2/p-2. The van der Waals surface area contributed by atoms with Gasteiger partial charge in [0.15, 0.2) is 11.3 Å². The van der Waals surface area contributed by atoms with Gasteiger partial charge in [0.2, 0.25) is 0 Å². The van der Waals surface area contributed by atoms with Gasteiger partial charge in [-0.25, -0.2) is 19.9 Å². The number of fused-ring (bicyclic) bond motifs is 2. The van der Waals surface area contributed by atoms with Crippen LogP contribution in [0.5, 0.6) is 0 Å². The number of aliphatic carboxylic acids is 2. The van der Waals surface area contributed by atoms with Crippen LogP contribution in [0, 0.1) is 0 Å². The molecule has 0 aliphatic carbocycles. The van der Waals surface area contributed by atoms with Crippen LogP contribution in [-0.2, 0) is 51.7 Å². The number of rotatable bonds is 2. The first-order valence-electron chi connectivity index (χ1n) is 13.4. The average Bonchev–Trinajstić information content (AvgIpc) is 3.03. The molecule has 0 aliphatic heterocycles. The van der Waals surface area contributed by atoms with Crippen molar-refractivity contribution in [2.75, 3.05) is 0 Å². The van der Waals surface area contributed by atoms with Gasteiger partial charge in [-0.05, 0) is 62.4 Å². The predicted octanol–water partition coefficient (Wildman–Crippen LogP) is 4.28. The maximum Gasteiger partial charge on any atom is 2.00 e. The van der Waals surface area contributed by atoms with E-state index in [1.54, 1.807) is 49.6 Å². The number of pyridine rings is 4. The molecule has 6 rings (SSSR count). The molecule has 0 spiro atoms. The van der Waals surface area contributed by atoms with Gasteiger partial charge in [0, 0.05) is 59.9 Å². The van der Waals surface area contributed by atoms with E-state index in [0.717, 1.165) is 58.7 Å². The van der Waals surface area contributed by atoms with Crippen LogP contribution < -0.4 is 10.2 Å². The zero-order chi connectivity index (χ0) is 37.7. The Hall–Kier alpha value is -4.83. The number of hydrogen-bond acceptors (Lipinski definition) is 12. The Balaban J connectivity index is 0. The second-order valence-corrected chi connectivity index (χ2v) is 8.65. The van der Waals surface area contributed by atoms with Crippen LogP contribution in [0.4, 0.5) is 34.5 Å². The van der Waals surface area contributed by atoms with Gasteiger partial charge in [0.25, 0.3) is 0 Å². The molecule has 0 atom stereocenters. The summed E-state index contributed by atoms with van der Waals surface area (Å²) in [6.45, 7) is 1.94. The van der Waals surface area contributed by atoms with E-state index in [9.17, 15) is 34.5 Å². The minimum absolute atomic E-state index is 0. The van der Waals surface area contributed by atoms with Crippen molar-refractivity contribution < 1.29 is 96.5 Å². The molecule has 24 heteroatoms. The molecule has 0 saturated carbocycles. The van der Waals surface area contributed by atoms with Gasteiger partial charge >= 0.3 is 56.6 Å². The summed E-state index contributed by atoms with van der Waals surface area (Å²) in [5, 5.41) is 19.8. The third-order valence-electron chi connectivity index (χ3n) is 4.58. The number of halogens is 8. The van der Waals surface area contributed by atoms with E-state index < -0.39 is 26.4 Å². The van der Waals surface area contributed by atoms with Crippen molar-refractivity contribution in [2.45, 2.75) is 13.8 Å². The van der Waals surface area contributed by atoms with Crippen molar-refractivity contribution in [3.63, 3.8) is 0 Å². The van der Waals surface area contributed by atoms with Crippen molar-refractivity contribution in [3.8, 4) is 22.8 Å². The monoisotopic (exact) mass is 904 g/mol. The van der Waals surface area contributed by atoms with Crippen molar-refractivity contribution in [1.82, 2.24) is 39.9 Å². The summed E-state index contributed by atoms with van der Waals surface area (Å²) in [5.74, 6) is -2.17. The fraction of sp³-hybridized carbons (Fsp3) is 0.0714. The van der Waals surface area contributed by atoms with Gasteiger partial charge in [0.05, 0.1) is 23.8 Å². The maximum absolute atomic E-state index is 9.75. The van der Waals surface area contributed by atoms with E-state index >= 15 is 0 Å². The molecule has 0 radical (unpaired) electrons. The topological polar surface area (TPSA) is 183 Å². The molecule has 0 amide bonds. The van der Waals surface area contributed by atoms with Crippen LogP contribution in [0.1, 0.15) is 13.8 Å². The molecular weight excluding hydrogens is 878 g/mol. The van der Waals surface area contributed by atoms with Crippen molar-refractivity contribution in [2.24, 2.45) is 0 Å². The van der Waals surface area contributed by atoms with Gasteiger partial charge in [0.1, 0.15) is 11.4 Å². The van der Waals surface area contributed by atoms with E-state index in [-0.39, 0.29) is 42.1 Å². The number of aromatic nitrogens is 8. The van der Waals surface area contributed by atoms with Crippen LogP contribution >= 0.6 is 0 Å². The van der Waals surface area contributed by atoms with Crippen LogP contribution in [-0.4, -0.2) is 66.3 Å². The molecule has 0 saturated heterocycles. The number of nitrogens with zero attached hydrogens (tertiary/aromatic N) is 8. The smallest absolute Gasteiger partial charge is 0.550 e. The fourth-order valence-electron chi connectivity index (χ4n) is 3.05. The molecule has 6 aromatic heterocycles. The fourth-order valence-corrected chi connectivity index (χ4v) is 3.05. The molecule has 0 N–H and O–H groups in total. The molecule has 52 heavy (non-hydrogen) atoms. The Kier molecular flexibility index (Phi) is 23.9. The van der Waals surface area contributed by atoms with Crippen molar-refractivity contribution in [1.29, 1.82) is 0 Å². The minimum Gasteiger partial charge on any atom is -0.550 e. The first-order valence-corrected chi connectivity index (χ1v) is 13.4. The van der Waals surface area contributed by atoms with Gasteiger partial charge in [-0.15, -0.1) is 0 Å². The molecule has 0 aromatic carbocycles. The normalized spacial score (nSPS) is 9.73. The van der Waals surface area contributed by atoms with Crippen LogP contribution in [0.3, 0.4) is 0 Å². The van der Waals surface area contributed by atoms with E-state index in [2.05, 4.69) is 39.9 Å². The summed E-state index contributed by atoms with van der Waals surface area (Å²) in [4.78, 5) is 51.5. The largest absolute Gasteiger partial charge is 2.00 e. The Bertz CT molecular complexity index is 1770. The molecule has 0 unspecified atom stereocenters. The van der Waals surface area contributed by atoms with E-state index in [1.165, 1.54) is 0 Å². The Labute approximate surface area is 318 Å². The summed E-state index contributed by atoms with van der Waals surface area (Å²) >= 11 is 0. The summed E-state index contributed by atoms with van der Waals surface area (Å²) in [7, 11) is -12.0. The molecule has 0 bridgehead atoms. The van der Waals surface area contributed by atoms with Crippen LogP contribution in [0.2, 0.25) is 0 Å². The zero-order valence-corrected chi connectivity index (χ0v) is 30.5. The molecule has 0 aliphatic rings. The Morgan fingerprint density at radius 2 is 0.808 bits per heavy atom. The molecule has 6 aromatic rings. The average molecular weight is 900 g/mol. The number of carboxylic acid groups (broad SMARTS) is 2. The summed E-state index contributed by atoms with van der Waals surface area (Å²) in [6.07, 6.45) is 13.4. The van der Waals surface area contributed by atoms with Crippen molar-refractivity contribution >= 4 is 48.5 Å². The molecule has 6 heterocycles. The van der Waals surface area contributed by atoms with Gasteiger partial charge in [-0.2, -0.15) is 0 Å². The molecule has 12 nitrogen and oxygen atoms in total. The maximum atomic E-state index is 9.75. The third-order valence-corrected chi connectivity index (χ3v) is 4.58. The van der Waals surface area contributed by atoms with Crippen molar-refractivity contribution in [3.05, 3.63) is 98.1 Å². The molecule has 272 valence electrons. The first-order chi connectivity index (χ1) is 23.3.